The van der Waals surface area contributed by atoms with E-state index >= 15 is 0 Å². The molecule has 8 nitrogen and oxygen atoms in total. The molecule has 1 aromatic carbocycles. The number of nitrogens with one attached hydrogen (secondary N) is 3. The predicted molar refractivity (Wildman–Crippen MR) is 90.6 cm³/mol. The van der Waals surface area contributed by atoms with Gasteiger partial charge in [-0.3, -0.25) is 20.0 Å². The van der Waals surface area contributed by atoms with Crippen molar-refractivity contribution in [2.24, 2.45) is 5.92 Å². The predicted octanol–water partition coefficient (Wildman–Crippen LogP) is 1.87. The molecule has 0 bridgehead atoms. The second kappa shape index (κ2) is 6.76. The quantitative estimate of drug-likeness (QED) is 0.792. The molecule has 0 atom stereocenters. The molecule has 0 spiro atoms. The third-order valence-electron chi connectivity index (χ3n) is 3.96. The number of H-pyrrole nitrogens is 1. The summed E-state index contributed by atoms with van der Waals surface area (Å²) in [5, 5.41) is 12.0. The smallest absolute Gasteiger partial charge is 0.314 e. The molecule has 2 heterocycles. The normalized spacial score (nSPS) is 12.8. The minimum Gasteiger partial charge on any atom is -0.314 e. The summed E-state index contributed by atoms with van der Waals surface area (Å²) in [4.78, 5) is 37.7. The highest BCUT2D eigenvalue weighted by molar-refractivity contribution is 6.04. The number of carbonyl (C=O) groups excluding carboxylic acids is 3. The second-order valence-electron chi connectivity index (χ2n) is 6.15. The number of hydrogen-bond acceptors (Lipinski definition) is 4. The molecule has 8 heteroatoms. The van der Waals surface area contributed by atoms with E-state index in [2.05, 4.69) is 20.8 Å². The fourth-order valence-electron chi connectivity index (χ4n) is 2.49. The van der Waals surface area contributed by atoms with Gasteiger partial charge in [0.2, 0.25) is 5.91 Å². The average Bonchev–Trinajstić information content (AvgIpc) is 3.17. The van der Waals surface area contributed by atoms with E-state index in [1.54, 1.807) is 44.2 Å². The first-order chi connectivity index (χ1) is 12.0. The number of aromatic amines is 1. The van der Waals surface area contributed by atoms with Gasteiger partial charge >= 0.3 is 6.03 Å². The first-order valence-corrected chi connectivity index (χ1v) is 7.98. The lowest BCUT2D eigenvalue weighted by atomic mass is 10.2. The molecular weight excluding hydrogens is 322 g/mol. The number of urea groups is 1. The lowest BCUT2D eigenvalue weighted by Crippen LogP contribution is -2.40. The number of hydrogen-bond donors (Lipinski definition) is 3. The van der Waals surface area contributed by atoms with Crippen molar-refractivity contribution in [1.82, 2.24) is 20.4 Å². The molecule has 130 valence electrons. The van der Waals surface area contributed by atoms with Gasteiger partial charge in [0.15, 0.2) is 5.82 Å². The highest BCUT2D eigenvalue weighted by Gasteiger charge is 2.29. The molecule has 1 aliphatic rings. The van der Waals surface area contributed by atoms with Crippen molar-refractivity contribution in [3.63, 3.8) is 0 Å². The number of benzene rings is 1. The van der Waals surface area contributed by atoms with Gasteiger partial charge in [0, 0.05) is 17.0 Å². The fourth-order valence-corrected chi connectivity index (χ4v) is 2.49. The van der Waals surface area contributed by atoms with Crippen molar-refractivity contribution >= 4 is 23.7 Å². The van der Waals surface area contributed by atoms with Crippen molar-refractivity contribution in [3.05, 3.63) is 47.2 Å². The van der Waals surface area contributed by atoms with Gasteiger partial charge in [0.25, 0.3) is 5.91 Å². The lowest BCUT2D eigenvalue weighted by molar-refractivity contribution is -0.118. The summed E-state index contributed by atoms with van der Waals surface area (Å²) >= 11 is 0. The Bertz CT molecular complexity index is 813. The van der Waals surface area contributed by atoms with Gasteiger partial charge in [0.05, 0.1) is 18.8 Å². The Balaban J connectivity index is 1.64. The summed E-state index contributed by atoms with van der Waals surface area (Å²) in [6, 6.07) is 8.05. The summed E-state index contributed by atoms with van der Waals surface area (Å²) in [6.45, 7) is 4.15. The Labute approximate surface area is 144 Å². The molecule has 0 saturated heterocycles. The van der Waals surface area contributed by atoms with Crippen molar-refractivity contribution in [1.29, 1.82) is 0 Å². The van der Waals surface area contributed by atoms with Gasteiger partial charge in [-0.2, -0.15) is 5.10 Å². The van der Waals surface area contributed by atoms with Crippen LogP contribution in [0.25, 0.3) is 0 Å². The molecule has 0 unspecified atom stereocenters. The number of rotatable bonds is 3. The molecule has 0 radical (unpaired) electrons. The monoisotopic (exact) mass is 341 g/mol. The maximum absolute atomic E-state index is 12.3. The molecule has 4 amide bonds. The van der Waals surface area contributed by atoms with E-state index < -0.39 is 11.9 Å². The number of fused-ring (bicyclic) bond motifs is 1. The van der Waals surface area contributed by atoms with Gasteiger partial charge in [0.1, 0.15) is 0 Å². The summed E-state index contributed by atoms with van der Waals surface area (Å²) in [5.41, 5.74) is 1.93. The molecule has 3 N–H and O–H groups in total. The van der Waals surface area contributed by atoms with Gasteiger partial charge < -0.3 is 10.2 Å². The van der Waals surface area contributed by atoms with Crippen LogP contribution in [0.1, 0.15) is 35.5 Å². The van der Waals surface area contributed by atoms with Crippen LogP contribution in [0.15, 0.2) is 30.3 Å². The molecule has 3 rings (SSSR count). The van der Waals surface area contributed by atoms with E-state index in [9.17, 15) is 14.4 Å². The summed E-state index contributed by atoms with van der Waals surface area (Å²) in [5.74, 6) is -0.334. The number of carbonyl (C=O) groups is 3. The van der Waals surface area contributed by atoms with Crippen LogP contribution < -0.4 is 10.6 Å². The Morgan fingerprint density at radius 2 is 1.88 bits per heavy atom. The maximum Gasteiger partial charge on any atom is 0.324 e. The third kappa shape index (κ3) is 3.52. The Kier molecular flexibility index (Phi) is 4.51. The van der Waals surface area contributed by atoms with Gasteiger partial charge in [-0.05, 0) is 12.1 Å². The first kappa shape index (κ1) is 16.7. The molecule has 0 fully saturated rings. The zero-order chi connectivity index (χ0) is 18.0. The van der Waals surface area contributed by atoms with E-state index in [-0.39, 0.29) is 18.4 Å². The SMILES string of the molecule is CC(C)C(=O)Nc1n[nH]c2c1CN(C(=O)NC(=O)c1ccccc1)C2. The fraction of sp³-hybridized carbons (Fsp3) is 0.294. The van der Waals surface area contributed by atoms with Crippen LogP contribution in [0, 0.1) is 5.92 Å². The average molecular weight is 341 g/mol. The largest absolute Gasteiger partial charge is 0.324 e. The molecule has 2 aromatic rings. The van der Waals surface area contributed by atoms with E-state index in [0.717, 1.165) is 11.3 Å². The summed E-state index contributed by atoms with van der Waals surface area (Å²) < 4.78 is 0. The molecular formula is C17H19N5O3. The van der Waals surface area contributed by atoms with E-state index in [4.69, 9.17) is 0 Å². The molecule has 0 saturated carbocycles. The van der Waals surface area contributed by atoms with E-state index in [1.807, 2.05) is 0 Å². The molecule has 25 heavy (non-hydrogen) atoms. The minimum atomic E-state index is -0.486. The minimum absolute atomic E-state index is 0.142. The van der Waals surface area contributed by atoms with Crippen molar-refractivity contribution in [2.45, 2.75) is 26.9 Å². The van der Waals surface area contributed by atoms with Crippen LogP contribution in [0.4, 0.5) is 10.6 Å². The molecule has 1 aliphatic heterocycles. The van der Waals surface area contributed by atoms with Gasteiger partial charge in [-0.1, -0.05) is 32.0 Å². The maximum atomic E-state index is 12.3. The van der Waals surface area contributed by atoms with Crippen LogP contribution in [-0.2, 0) is 17.9 Å². The zero-order valence-electron chi connectivity index (χ0n) is 14.0. The van der Waals surface area contributed by atoms with Crippen LogP contribution >= 0.6 is 0 Å². The highest BCUT2D eigenvalue weighted by Crippen LogP contribution is 2.27. The summed E-state index contributed by atoms with van der Waals surface area (Å²) in [7, 11) is 0. The van der Waals surface area contributed by atoms with Crippen molar-refractivity contribution < 1.29 is 14.4 Å². The Hall–Kier alpha value is -3.16. The van der Waals surface area contributed by atoms with Crippen LogP contribution in [0.5, 0.6) is 0 Å². The standard InChI is InChI=1S/C17H19N5O3/c1-10(2)15(23)18-14-12-8-22(9-13(12)20-21-14)17(25)19-16(24)11-6-4-3-5-7-11/h3-7,10H,8-9H2,1-2H3,(H,19,24,25)(H2,18,20,21,23). The number of aromatic nitrogens is 2. The van der Waals surface area contributed by atoms with Crippen molar-refractivity contribution in [3.8, 4) is 0 Å². The van der Waals surface area contributed by atoms with E-state index in [0.29, 0.717) is 17.9 Å². The van der Waals surface area contributed by atoms with Crippen molar-refractivity contribution in [2.75, 3.05) is 5.32 Å². The Morgan fingerprint density at radius 3 is 2.56 bits per heavy atom. The number of amides is 4. The Morgan fingerprint density at radius 1 is 1.16 bits per heavy atom. The van der Waals surface area contributed by atoms with Crippen LogP contribution in [0.3, 0.4) is 0 Å². The number of nitrogens with zero attached hydrogens (tertiary/aromatic N) is 2. The first-order valence-electron chi connectivity index (χ1n) is 7.98. The molecule has 0 aliphatic carbocycles. The van der Waals surface area contributed by atoms with Gasteiger partial charge in [-0.25, -0.2) is 4.79 Å². The van der Waals surface area contributed by atoms with Crippen LogP contribution in [-0.4, -0.2) is 32.9 Å². The van der Waals surface area contributed by atoms with Gasteiger partial charge in [-0.15, -0.1) is 0 Å². The molecule has 1 aromatic heterocycles. The zero-order valence-corrected chi connectivity index (χ0v) is 14.0. The highest BCUT2D eigenvalue weighted by atomic mass is 16.2. The second-order valence-corrected chi connectivity index (χ2v) is 6.15. The van der Waals surface area contributed by atoms with Crippen LogP contribution in [0.2, 0.25) is 0 Å². The third-order valence-corrected chi connectivity index (χ3v) is 3.96. The topological polar surface area (TPSA) is 107 Å². The number of anilines is 1. The summed E-state index contributed by atoms with van der Waals surface area (Å²) in [6.07, 6.45) is 0. The van der Waals surface area contributed by atoms with E-state index in [1.165, 1.54) is 4.90 Å². The lowest BCUT2D eigenvalue weighted by Gasteiger charge is -2.16. The number of imide groups is 1.